The molecule has 0 unspecified atom stereocenters. The fourth-order valence-corrected chi connectivity index (χ4v) is 3.06. The average Bonchev–Trinajstić information content (AvgIpc) is 3.05. The predicted molar refractivity (Wildman–Crippen MR) is 93.5 cm³/mol. The zero-order valence-electron chi connectivity index (χ0n) is 12.3. The fourth-order valence-electron chi connectivity index (χ4n) is 2.17. The number of benzene rings is 1. The first-order valence-corrected chi connectivity index (χ1v) is 8.47. The smallest absolute Gasteiger partial charge is 0.107 e. The van der Waals surface area contributed by atoms with Gasteiger partial charge in [-0.15, -0.1) is 11.3 Å². The molecule has 2 heterocycles. The maximum Gasteiger partial charge on any atom is 0.107 e. The van der Waals surface area contributed by atoms with Crippen molar-refractivity contribution in [2.75, 3.05) is 6.54 Å². The number of thiazole rings is 1. The Kier molecular flexibility index (Phi) is 5.35. The second-order valence-electron chi connectivity index (χ2n) is 5.06. The number of hydrogen-bond acceptors (Lipinski definition) is 5. The highest BCUT2D eigenvalue weighted by molar-refractivity contribution is 7.09. The van der Waals surface area contributed by atoms with Crippen LogP contribution in [0.5, 0.6) is 0 Å². The minimum absolute atomic E-state index is 0.464. The van der Waals surface area contributed by atoms with E-state index in [-0.39, 0.29) is 0 Å². The third kappa shape index (κ3) is 4.36. The van der Waals surface area contributed by atoms with E-state index >= 15 is 0 Å². The quantitative estimate of drug-likeness (QED) is 0.715. The van der Waals surface area contributed by atoms with Crippen molar-refractivity contribution in [2.45, 2.75) is 12.6 Å². The molecule has 23 heavy (non-hydrogen) atoms. The Hall–Kier alpha value is -1.79. The number of rotatable bonds is 6. The second-order valence-corrected chi connectivity index (χ2v) is 6.44. The summed E-state index contributed by atoms with van der Waals surface area (Å²) in [5, 5.41) is 17.1. The highest BCUT2D eigenvalue weighted by Crippen LogP contribution is 2.21. The van der Waals surface area contributed by atoms with E-state index in [1.807, 2.05) is 29.6 Å². The minimum Gasteiger partial charge on any atom is -0.387 e. The Balaban J connectivity index is 1.53. The number of aliphatic hydroxyl groups is 1. The molecule has 6 heteroatoms. The SMILES string of the molecule is O[C@@H](CNCc1nc(-c2ccncc2)cs1)c1ccc(Cl)cc1. The lowest BCUT2D eigenvalue weighted by atomic mass is 10.1. The number of hydrogen-bond donors (Lipinski definition) is 2. The molecule has 0 saturated heterocycles. The van der Waals surface area contributed by atoms with Gasteiger partial charge < -0.3 is 10.4 Å². The number of aliphatic hydroxyl groups excluding tert-OH is 1. The predicted octanol–water partition coefficient (Wildman–Crippen LogP) is 3.68. The number of nitrogens with one attached hydrogen (secondary N) is 1. The van der Waals surface area contributed by atoms with Crippen LogP contribution in [0.25, 0.3) is 11.3 Å². The van der Waals surface area contributed by atoms with Gasteiger partial charge in [-0.1, -0.05) is 23.7 Å². The van der Waals surface area contributed by atoms with Crippen molar-refractivity contribution in [3.8, 4) is 11.3 Å². The molecule has 4 nitrogen and oxygen atoms in total. The lowest BCUT2D eigenvalue weighted by Gasteiger charge is -2.11. The van der Waals surface area contributed by atoms with Gasteiger partial charge in [0.15, 0.2) is 0 Å². The van der Waals surface area contributed by atoms with Gasteiger partial charge in [0.05, 0.1) is 11.8 Å². The van der Waals surface area contributed by atoms with Crippen molar-refractivity contribution in [1.82, 2.24) is 15.3 Å². The van der Waals surface area contributed by atoms with Gasteiger partial charge >= 0.3 is 0 Å². The first kappa shape index (κ1) is 16.1. The Morgan fingerprint density at radius 2 is 1.87 bits per heavy atom. The molecule has 2 N–H and O–H groups in total. The summed E-state index contributed by atoms with van der Waals surface area (Å²) in [6, 6.07) is 11.1. The monoisotopic (exact) mass is 345 g/mol. The Morgan fingerprint density at radius 3 is 2.61 bits per heavy atom. The molecule has 0 radical (unpaired) electrons. The van der Waals surface area contributed by atoms with Crippen LogP contribution in [0.2, 0.25) is 5.02 Å². The van der Waals surface area contributed by atoms with Crippen LogP contribution in [-0.2, 0) is 6.54 Å². The molecule has 0 spiro atoms. The number of pyridine rings is 1. The van der Waals surface area contributed by atoms with Crippen molar-refractivity contribution in [3.63, 3.8) is 0 Å². The largest absolute Gasteiger partial charge is 0.387 e. The van der Waals surface area contributed by atoms with Gasteiger partial charge in [0.25, 0.3) is 0 Å². The summed E-state index contributed by atoms with van der Waals surface area (Å²) in [5.41, 5.74) is 2.86. The molecule has 2 aromatic heterocycles. The van der Waals surface area contributed by atoms with Crippen molar-refractivity contribution < 1.29 is 5.11 Å². The molecule has 3 rings (SSSR count). The van der Waals surface area contributed by atoms with E-state index in [2.05, 4.69) is 15.3 Å². The highest BCUT2D eigenvalue weighted by atomic mass is 35.5. The topological polar surface area (TPSA) is 58.0 Å². The van der Waals surface area contributed by atoms with Gasteiger partial charge in [0.2, 0.25) is 0 Å². The van der Waals surface area contributed by atoms with Crippen LogP contribution in [0.15, 0.2) is 54.2 Å². The van der Waals surface area contributed by atoms with Crippen molar-refractivity contribution >= 4 is 22.9 Å². The summed E-state index contributed by atoms with van der Waals surface area (Å²) in [6.45, 7) is 1.09. The second kappa shape index (κ2) is 7.66. The van der Waals surface area contributed by atoms with Crippen LogP contribution < -0.4 is 5.32 Å². The summed E-state index contributed by atoms with van der Waals surface area (Å²) in [6.07, 6.45) is 2.95. The lowest BCUT2D eigenvalue weighted by Crippen LogP contribution is -2.20. The maximum atomic E-state index is 10.1. The summed E-state index contributed by atoms with van der Waals surface area (Å²) >= 11 is 7.45. The molecular formula is C17H16ClN3OS. The summed E-state index contributed by atoms with van der Waals surface area (Å²) in [4.78, 5) is 8.60. The highest BCUT2D eigenvalue weighted by Gasteiger charge is 2.08. The zero-order chi connectivity index (χ0) is 16.1. The van der Waals surface area contributed by atoms with E-state index in [1.54, 1.807) is 35.9 Å². The molecule has 1 aromatic carbocycles. The molecule has 0 amide bonds. The van der Waals surface area contributed by atoms with E-state index in [4.69, 9.17) is 11.6 Å². The van der Waals surface area contributed by atoms with Crippen molar-refractivity contribution in [2.24, 2.45) is 0 Å². The lowest BCUT2D eigenvalue weighted by molar-refractivity contribution is 0.174. The molecule has 0 saturated carbocycles. The van der Waals surface area contributed by atoms with E-state index in [9.17, 15) is 5.11 Å². The van der Waals surface area contributed by atoms with E-state index in [1.165, 1.54) is 0 Å². The molecule has 0 aliphatic rings. The van der Waals surface area contributed by atoms with Crippen LogP contribution in [0.1, 0.15) is 16.7 Å². The molecule has 3 aromatic rings. The zero-order valence-corrected chi connectivity index (χ0v) is 13.9. The molecule has 118 valence electrons. The van der Waals surface area contributed by atoms with Gasteiger partial charge in [-0.25, -0.2) is 4.98 Å². The van der Waals surface area contributed by atoms with Crippen LogP contribution in [0.3, 0.4) is 0 Å². The van der Waals surface area contributed by atoms with Gasteiger partial charge in [-0.3, -0.25) is 4.98 Å². The van der Waals surface area contributed by atoms with Gasteiger partial charge in [0.1, 0.15) is 5.01 Å². The number of halogens is 1. The molecule has 0 bridgehead atoms. The van der Waals surface area contributed by atoms with Crippen LogP contribution in [0, 0.1) is 0 Å². The maximum absolute atomic E-state index is 10.1. The van der Waals surface area contributed by atoms with Crippen LogP contribution in [-0.4, -0.2) is 21.6 Å². The van der Waals surface area contributed by atoms with Crippen molar-refractivity contribution in [3.05, 3.63) is 69.8 Å². The third-order valence-electron chi connectivity index (χ3n) is 3.40. The van der Waals surface area contributed by atoms with E-state index in [0.29, 0.717) is 18.1 Å². The van der Waals surface area contributed by atoms with Crippen LogP contribution in [0.4, 0.5) is 0 Å². The summed E-state index contributed by atoms with van der Waals surface area (Å²) in [7, 11) is 0. The first-order chi connectivity index (χ1) is 11.2. The minimum atomic E-state index is -0.563. The standard InChI is InChI=1S/C17H16ClN3OS/c18-14-3-1-13(2-4-14)16(22)9-20-10-17-21-15(11-23-17)12-5-7-19-8-6-12/h1-8,11,16,20,22H,9-10H2/t16-/m0/s1. The average molecular weight is 346 g/mol. The Labute approximate surface area is 143 Å². The molecular weight excluding hydrogens is 330 g/mol. The molecule has 1 atom stereocenters. The Morgan fingerprint density at radius 1 is 1.13 bits per heavy atom. The van der Waals surface area contributed by atoms with Crippen LogP contribution >= 0.6 is 22.9 Å². The first-order valence-electron chi connectivity index (χ1n) is 7.21. The van der Waals surface area contributed by atoms with Gasteiger partial charge in [0, 0.05) is 41.4 Å². The normalized spacial score (nSPS) is 12.3. The molecule has 0 aliphatic heterocycles. The number of nitrogens with zero attached hydrogens (tertiary/aromatic N) is 2. The van der Waals surface area contributed by atoms with E-state index < -0.39 is 6.10 Å². The molecule has 0 fully saturated rings. The van der Waals surface area contributed by atoms with Crippen molar-refractivity contribution in [1.29, 1.82) is 0 Å². The van der Waals surface area contributed by atoms with Gasteiger partial charge in [-0.05, 0) is 29.8 Å². The fraction of sp³-hybridized carbons (Fsp3) is 0.176. The van der Waals surface area contributed by atoms with E-state index in [0.717, 1.165) is 21.8 Å². The number of aromatic nitrogens is 2. The molecule has 0 aliphatic carbocycles. The third-order valence-corrected chi connectivity index (χ3v) is 4.50. The summed E-state index contributed by atoms with van der Waals surface area (Å²) in [5.74, 6) is 0. The Bertz CT molecular complexity index is 746. The van der Waals surface area contributed by atoms with Gasteiger partial charge in [-0.2, -0.15) is 0 Å². The summed E-state index contributed by atoms with van der Waals surface area (Å²) < 4.78 is 0.